The normalized spacial score (nSPS) is 10.5. The lowest BCUT2D eigenvalue weighted by Crippen LogP contribution is -1.95. The maximum atomic E-state index is 6.32. The Kier molecular flexibility index (Phi) is 4.22. The molecule has 0 saturated heterocycles. The van der Waals surface area contributed by atoms with Crippen LogP contribution in [-0.2, 0) is 5.75 Å². The van der Waals surface area contributed by atoms with E-state index in [4.69, 9.17) is 5.73 Å². The van der Waals surface area contributed by atoms with Gasteiger partial charge in [0, 0.05) is 28.6 Å². The number of rotatable bonds is 4. The van der Waals surface area contributed by atoms with Crippen LogP contribution < -0.4 is 5.73 Å². The molecule has 1 aromatic heterocycles. The average molecular weight is 292 g/mol. The summed E-state index contributed by atoms with van der Waals surface area (Å²) in [6, 6.07) is 20.5. The Balaban J connectivity index is 1.84. The second-order valence-corrected chi connectivity index (χ2v) is 5.76. The predicted molar refractivity (Wildman–Crippen MR) is 90.1 cm³/mol. The molecule has 0 radical (unpaired) electrons. The summed E-state index contributed by atoms with van der Waals surface area (Å²) in [7, 11) is 0. The fourth-order valence-electron chi connectivity index (χ4n) is 2.15. The van der Waals surface area contributed by atoms with Gasteiger partial charge in [0.25, 0.3) is 0 Å². The van der Waals surface area contributed by atoms with Crippen LogP contribution in [0.3, 0.4) is 0 Å². The highest BCUT2D eigenvalue weighted by Gasteiger charge is 2.08. The zero-order valence-electron chi connectivity index (χ0n) is 11.6. The SMILES string of the molecule is Nc1c(SCc2ccccc2)cncc1-c1ccccc1. The molecular weight excluding hydrogens is 276 g/mol. The van der Waals surface area contributed by atoms with Gasteiger partial charge in [-0.05, 0) is 11.1 Å². The van der Waals surface area contributed by atoms with E-state index in [1.165, 1.54) is 5.56 Å². The molecular formula is C18H16N2S. The number of hydrogen-bond acceptors (Lipinski definition) is 3. The number of hydrogen-bond donors (Lipinski definition) is 1. The van der Waals surface area contributed by atoms with Gasteiger partial charge in [-0.1, -0.05) is 60.7 Å². The highest BCUT2D eigenvalue weighted by atomic mass is 32.2. The lowest BCUT2D eigenvalue weighted by Gasteiger charge is -2.10. The van der Waals surface area contributed by atoms with E-state index in [1.807, 2.05) is 36.7 Å². The van der Waals surface area contributed by atoms with E-state index >= 15 is 0 Å². The third kappa shape index (κ3) is 3.26. The van der Waals surface area contributed by atoms with Crippen LogP contribution in [0.5, 0.6) is 0 Å². The van der Waals surface area contributed by atoms with Gasteiger partial charge in [-0.3, -0.25) is 4.98 Å². The standard InChI is InChI=1S/C18H16N2S/c19-18-16(15-9-5-2-6-10-15)11-20-12-17(18)21-13-14-7-3-1-4-8-14/h1-12H,13H2,(H2,19,20). The summed E-state index contributed by atoms with van der Waals surface area (Å²) >= 11 is 1.72. The van der Waals surface area contributed by atoms with E-state index in [-0.39, 0.29) is 0 Å². The minimum Gasteiger partial charge on any atom is -0.397 e. The van der Waals surface area contributed by atoms with Gasteiger partial charge in [-0.2, -0.15) is 0 Å². The second kappa shape index (κ2) is 6.46. The van der Waals surface area contributed by atoms with E-state index < -0.39 is 0 Å². The predicted octanol–water partition coefficient (Wildman–Crippen LogP) is 4.62. The summed E-state index contributed by atoms with van der Waals surface area (Å²) in [6.45, 7) is 0. The summed E-state index contributed by atoms with van der Waals surface area (Å²) < 4.78 is 0. The van der Waals surface area contributed by atoms with Crippen molar-refractivity contribution in [2.75, 3.05) is 5.73 Å². The van der Waals surface area contributed by atoms with Crippen LogP contribution in [0.1, 0.15) is 5.56 Å². The Morgan fingerprint density at radius 2 is 1.52 bits per heavy atom. The molecule has 2 nitrogen and oxygen atoms in total. The van der Waals surface area contributed by atoms with Crippen LogP contribution in [0.2, 0.25) is 0 Å². The Hall–Kier alpha value is -2.26. The van der Waals surface area contributed by atoms with Crippen LogP contribution in [-0.4, -0.2) is 4.98 Å². The van der Waals surface area contributed by atoms with Gasteiger partial charge in [-0.15, -0.1) is 11.8 Å². The van der Waals surface area contributed by atoms with E-state index in [0.717, 1.165) is 27.5 Å². The number of anilines is 1. The van der Waals surface area contributed by atoms with Crippen LogP contribution in [0.15, 0.2) is 78.0 Å². The highest BCUT2D eigenvalue weighted by Crippen LogP contribution is 2.34. The number of aromatic nitrogens is 1. The van der Waals surface area contributed by atoms with Gasteiger partial charge in [-0.25, -0.2) is 0 Å². The van der Waals surface area contributed by atoms with E-state index in [2.05, 4.69) is 41.4 Å². The van der Waals surface area contributed by atoms with Crippen LogP contribution >= 0.6 is 11.8 Å². The fourth-order valence-corrected chi connectivity index (χ4v) is 3.06. The highest BCUT2D eigenvalue weighted by molar-refractivity contribution is 7.98. The summed E-state index contributed by atoms with van der Waals surface area (Å²) in [6.07, 6.45) is 3.67. The van der Waals surface area contributed by atoms with Crippen LogP contribution in [0, 0.1) is 0 Å². The Morgan fingerprint density at radius 1 is 0.857 bits per heavy atom. The lowest BCUT2D eigenvalue weighted by molar-refractivity contribution is 1.24. The molecule has 2 aromatic carbocycles. The maximum absolute atomic E-state index is 6.32. The Labute approximate surface area is 129 Å². The van der Waals surface area contributed by atoms with Crippen molar-refractivity contribution in [2.45, 2.75) is 10.6 Å². The number of nitrogens with two attached hydrogens (primary N) is 1. The molecule has 2 N–H and O–H groups in total. The minimum absolute atomic E-state index is 0.803. The zero-order valence-corrected chi connectivity index (χ0v) is 12.4. The molecule has 0 amide bonds. The third-order valence-electron chi connectivity index (χ3n) is 3.27. The molecule has 3 heteroatoms. The molecule has 0 saturated carbocycles. The van der Waals surface area contributed by atoms with Crippen molar-refractivity contribution in [3.8, 4) is 11.1 Å². The number of nitrogen functional groups attached to an aromatic ring is 1. The first-order chi connectivity index (χ1) is 10.3. The largest absolute Gasteiger partial charge is 0.397 e. The molecule has 0 spiro atoms. The molecule has 0 aliphatic heterocycles. The number of benzene rings is 2. The van der Waals surface area contributed by atoms with Crippen molar-refractivity contribution in [3.05, 3.63) is 78.6 Å². The zero-order chi connectivity index (χ0) is 14.5. The number of pyridine rings is 1. The third-order valence-corrected chi connectivity index (χ3v) is 4.39. The van der Waals surface area contributed by atoms with Gasteiger partial charge in [0.15, 0.2) is 0 Å². The molecule has 3 rings (SSSR count). The first-order valence-electron chi connectivity index (χ1n) is 6.80. The number of nitrogens with zero attached hydrogens (tertiary/aromatic N) is 1. The van der Waals surface area contributed by atoms with Gasteiger partial charge in [0.2, 0.25) is 0 Å². The van der Waals surface area contributed by atoms with Crippen molar-refractivity contribution < 1.29 is 0 Å². The van der Waals surface area contributed by atoms with Gasteiger partial charge >= 0.3 is 0 Å². The summed E-state index contributed by atoms with van der Waals surface area (Å²) in [5, 5.41) is 0. The van der Waals surface area contributed by atoms with Crippen molar-refractivity contribution in [3.63, 3.8) is 0 Å². The second-order valence-electron chi connectivity index (χ2n) is 4.74. The molecule has 1 heterocycles. The molecule has 0 unspecified atom stereocenters. The Bertz CT molecular complexity index is 712. The first kappa shape index (κ1) is 13.7. The molecule has 0 aliphatic carbocycles. The molecule has 0 aliphatic rings. The quantitative estimate of drug-likeness (QED) is 0.713. The average Bonchev–Trinajstić information content (AvgIpc) is 2.56. The monoisotopic (exact) mass is 292 g/mol. The van der Waals surface area contributed by atoms with Gasteiger partial charge in [0.1, 0.15) is 0 Å². The van der Waals surface area contributed by atoms with Crippen LogP contribution in [0.4, 0.5) is 5.69 Å². The summed E-state index contributed by atoms with van der Waals surface area (Å²) in [5.74, 6) is 0.894. The Morgan fingerprint density at radius 3 is 2.24 bits per heavy atom. The molecule has 21 heavy (non-hydrogen) atoms. The van der Waals surface area contributed by atoms with Crippen LogP contribution in [0.25, 0.3) is 11.1 Å². The van der Waals surface area contributed by atoms with E-state index in [0.29, 0.717) is 0 Å². The molecule has 104 valence electrons. The van der Waals surface area contributed by atoms with Crippen molar-refractivity contribution >= 4 is 17.4 Å². The molecule has 0 bridgehead atoms. The lowest BCUT2D eigenvalue weighted by atomic mass is 10.1. The maximum Gasteiger partial charge on any atom is 0.0563 e. The molecule has 0 fully saturated rings. The smallest absolute Gasteiger partial charge is 0.0563 e. The van der Waals surface area contributed by atoms with Crippen molar-refractivity contribution in [1.29, 1.82) is 0 Å². The first-order valence-corrected chi connectivity index (χ1v) is 7.79. The van der Waals surface area contributed by atoms with Gasteiger partial charge in [0.05, 0.1) is 5.69 Å². The fraction of sp³-hybridized carbons (Fsp3) is 0.0556. The summed E-state index contributed by atoms with van der Waals surface area (Å²) in [5.41, 5.74) is 10.5. The molecule has 3 aromatic rings. The van der Waals surface area contributed by atoms with E-state index in [1.54, 1.807) is 11.8 Å². The van der Waals surface area contributed by atoms with Crippen molar-refractivity contribution in [1.82, 2.24) is 4.98 Å². The minimum atomic E-state index is 0.803. The summed E-state index contributed by atoms with van der Waals surface area (Å²) in [4.78, 5) is 5.36. The van der Waals surface area contributed by atoms with Crippen molar-refractivity contribution in [2.24, 2.45) is 0 Å². The topological polar surface area (TPSA) is 38.9 Å². The number of thioether (sulfide) groups is 1. The van der Waals surface area contributed by atoms with Gasteiger partial charge < -0.3 is 5.73 Å². The van der Waals surface area contributed by atoms with E-state index in [9.17, 15) is 0 Å². The molecule has 0 atom stereocenters.